The first-order valence-corrected chi connectivity index (χ1v) is 5.87. The molecule has 7 heteroatoms. The van der Waals surface area contributed by atoms with Gasteiger partial charge in [-0.2, -0.15) is 13.2 Å². The lowest BCUT2D eigenvalue weighted by molar-refractivity contribution is -0.201. The Morgan fingerprint density at radius 2 is 2.06 bits per heavy atom. The fourth-order valence-corrected chi connectivity index (χ4v) is 1.95. The highest BCUT2D eigenvalue weighted by Gasteiger charge is 2.37. The van der Waals surface area contributed by atoms with Crippen LogP contribution in [0.3, 0.4) is 0 Å². The normalized spacial score (nSPS) is 13.8. The molecule has 1 atom stereocenters. The quantitative estimate of drug-likeness (QED) is 0.888. The van der Waals surface area contributed by atoms with Crippen LogP contribution in [0.4, 0.5) is 13.2 Å². The lowest BCUT2D eigenvalue weighted by Gasteiger charge is -2.15. The largest absolute Gasteiger partial charge is 0.415 e. The molecule has 0 bridgehead atoms. The van der Waals surface area contributed by atoms with Gasteiger partial charge in [-0.15, -0.1) is 0 Å². The third-order valence-corrected chi connectivity index (χ3v) is 3.02. The minimum atomic E-state index is -4.59. The number of halogens is 5. The predicted octanol–water partition coefficient (Wildman–Crippen LogP) is 3.12. The van der Waals surface area contributed by atoms with Gasteiger partial charge >= 0.3 is 6.18 Å². The standard InChI is InChI=1S/C10H10BrClF3NO/c11-8-3-7(12)2-1-6(8)4-16-5-9(17)10(13,14)15/h1-3,9,16-17H,4-5H2. The van der Waals surface area contributed by atoms with Crippen molar-refractivity contribution in [3.8, 4) is 0 Å². The first kappa shape index (κ1) is 14.8. The van der Waals surface area contributed by atoms with Crippen molar-refractivity contribution in [1.82, 2.24) is 5.32 Å². The van der Waals surface area contributed by atoms with Crippen LogP contribution in [-0.2, 0) is 6.54 Å². The van der Waals surface area contributed by atoms with Gasteiger partial charge in [0.1, 0.15) is 0 Å². The third-order valence-electron chi connectivity index (χ3n) is 2.05. The zero-order valence-corrected chi connectivity index (χ0v) is 10.9. The van der Waals surface area contributed by atoms with E-state index in [2.05, 4.69) is 21.2 Å². The summed E-state index contributed by atoms with van der Waals surface area (Å²) in [4.78, 5) is 0. The summed E-state index contributed by atoms with van der Waals surface area (Å²) in [7, 11) is 0. The van der Waals surface area contributed by atoms with Gasteiger partial charge in [0.05, 0.1) is 0 Å². The summed E-state index contributed by atoms with van der Waals surface area (Å²) < 4.78 is 36.7. The van der Waals surface area contributed by atoms with Crippen molar-refractivity contribution in [3.05, 3.63) is 33.3 Å². The molecule has 0 radical (unpaired) electrons. The Bertz CT molecular complexity index is 386. The van der Waals surface area contributed by atoms with Crippen LogP contribution in [0.5, 0.6) is 0 Å². The van der Waals surface area contributed by atoms with Crippen LogP contribution >= 0.6 is 27.5 Å². The smallest absolute Gasteiger partial charge is 0.382 e. The van der Waals surface area contributed by atoms with Crippen LogP contribution in [-0.4, -0.2) is 23.9 Å². The van der Waals surface area contributed by atoms with Gasteiger partial charge in [-0.25, -0.2) is 0 Å². The molecular formula is C10H10BrClF3NO. The van der Waals surface area contributed by atoms with Gasteiger partial charge in [-0.05, 0) is 17.7 Å². The number of hydrogen-bond acceptors (Lipinski definition) is 2. The SMILES string of the molecule is OC(CNCc1ccc(Cl)cc1Br)C(F)(F)F. The molecule has 0 spiro atoms. The number of hydrogen-bond donors (Lipinski definition) is 2. The van der Waals surface area contributed by atoms with Crippen molar-refractivity contribution < 1.29 is 18.3 Å². The van der Waals surface area contributed by atoms with Crippen molar-refractivity contribution in [2.24, 2.45) is 0 Å². The molecule has 0 saturated heterocycles. The van der Waals surface area contributed by atoms with Crippen LogP contribution in [0.1, 0.15) is 5.56 Å². The van der Waals surface area contributed by atoms with E-state index in [1.54, 1.807) is 18.2 Å². The fraction of sp³-hybridized carbons (Fsp3) is 0.400. The lowest BCUT2D eigenvalue weighted by atomic mass is 10.2. The maximum absolute atomic E-state index is 12.0. The molecular weight excluding hydrogens is 322 g/mol. The number of rotatable bonds is 4. The van der Waals surface area contributed by atoms with E-state index in [0.29, 0.717) is 9.50 Å². The molecule has 2 nitrogen and oxygen atoms in total. The first-order chi connectivity index (χ1) is 7.80. The Kier molecular flexibility index (Phi) is 5.24. The molecule has 0 aliphatic carbocycles. The summed E-state index contributed by atoms with van der Waals surface area (Å²) in [5.41, 5.74) is 0.767. The van der Waals surface area contributed by atoms with E-state index in [4.69, 9.17) is 16.7 Å². The summed E-state index contributed by atoms with van der Waals surface area (Å²) >= 11 is 8.97. The molecule has 17 heavy (non-hydrogen) atoms. The maximum atomic E-state index is 12.0. The van der Waals surface area contributed by atoms with Crippen LogP contribution in [0.2, 0.25) is 5.02 Å². The maximum Gasteiger partial charge on any atom is 0.415 e. The zero-order valence-electron chi connectivity index (χ0n) is 8.56. The molecule has 1 unspecified atom stereocenters. The van der Waals surface area contributed by atoms with Crippen LogP contribution in [0.25, 0.3) is 0 Å². The Balaban J connectivity index is 2.46. The lowest BCUT2D eigenvalue weighted by Crippen LogP contribution is -2.38. The van der Waals surface area contributed by atoms with Gasteiger partial charge in [0.25, 0.3) is 0 Å². The summed E-state index contributed by atoms with van der Waals surface area (Å²) in [5, 5.41) is 11.8. The Labute approximate surface area is 110 Å². The molecule has 96 valence electrons. The van der Waals surface area contributed by atoms with Crippen molar-refractivity contribution in [2.45, 2.75) is 18.8 Å². The van der Waals surface area contributed by atoms with E-state index in [0.717, 1.165) is 5.56 Å². The molecule has 0 amide bonds. The minimum absolute atomic E-state index is 0.213. The summed E-state index contributed by atoms with van der Waals surface area (Å²) in [6.45, 7) is -0.330. The van der Waals surface area contributed by atoms with Gasteiger partial charge in [-0.1, -0.05) is 33.6 Å². The molecule has 0 aliphatic heterocycles. The van der Waals surface area contributed by atoms with Crippen LogP contribution < -0.4 is 5.32 Å². The monoisotopic (exact) mass is 331 g/mol. The number of aliphatic hydroxyl groups excluding tert-OH is 1. The molecule has 0 aliphatic rings. The van der Waals surface area contributed by atoms with Gasteiger partial charge in [0.2, 0.25) is 0 Å². The second-order valence-electron chi connectivity index (χ2n) is 3.42. The van der Waals surface area contributed by atoms with E-state index < -0.39 is 18.8 Å². The second-order valence-corrected chi connectivity index (χ2v) is 4.71. The van der Waals surface area contributed by atoms with Gasteiger partial charge in [0, 0.05) is 22.6 Å². The Morgan fingerprint density at radius 1 is 1.41 bits per heavy atom. The first-order valence-electron chi connectivity index (χ1n) is 4.70. The highest BCUT2D eigenvalue weighted by Crippen LogP contribution is 2.22. The van der Waals surface area contributed by atoms with E-state index in [9.17, 15) is 13.2 Å². The summed E-state index contributed by atoms with van der Waals surface area (Å²) in [6, 6.07) is 4.99. The average molecular weight is 333 g/mol. The molecule has 0 fully saturated rings. The molecule has 1 aromatic rings. The van der Waals surface area contributed by atoms with Crippen LogP contribution in [0.15, 0.2) is 22.7 Å². The zero-order chi connectivity index (χ0) is 13.1. The average Bonchev–Trinajstić information content (AvgIpc) is 2.19. The molecule has 1 rings (SSSR count). The van der Waals surface area contributed by atoms with E-state index >= 15 is 0 Å². The molecule has 0 saturated carbocycles. The van der Waals surface area contributed by atoms with Crippen LogP contribution in [0, 0.1) is 0 Å². The highest BCUT2D eigenvalue weighted by molar-refractivity contribution is 9.10. The fourth-order valence-electron chi connectivity index (χ4n) is 1.12. The molecule has 1 aromatic carbocycles. The topological polar surface area (TPSA) is 32.3 Å². The number of alkyl halides is 3. The van der Waals surface area contributed by atoms with E-state index in [1.807, 2.05) is 0 Å². The summed E-state index contributed by atoms with van der Waals surface area (Å²) in [6.07, 6.45) is -6.95. The van der Waals surface area contributed by atoms with Gasteiger partial charge in [0.15, 0.2) is 6.10 Å². The molecule has 0 heterocycles. The molecule has 0 aromatic heterocycles. The summed E-state index contributed by atoms with van der Waals surface area (Å²) in [5.74, 6) is 0. The van der Waals surface area contributed by atoms with Gasteiger partial charge < -0.3 is 10.4 Å². The number of benzene rings is 1. The number of aliphatic hydroxyl groups is 1. The van der Waals surface area contributed by atoms with Crippen molar-refractivity contribution in [2.75, 3.05) is 6.54 Å². The second kappa shape index (κ2) is 6.04. The highest BCUT2D eigenvalue weighted by atomic mass is 79.9. The van der Waals surface area contributed by atoms with E-state index in [1.165, 1.54) is 0 Å². The Hall–Kier alpha value is -0.300. The van der Waals surface area contributed by atoms with Crippen molar-refractivity contribution in [3.63, 3.8) is 0 Å². The number of nitrogens with one attached hydrogen (secondary N) is 1. The Morgan fingerprint density at radius 3 is 2.59 bits per heavy atom. The molecule has 2 N–H and O–H groups in total. The minimum Gasteiger partial charge on any atom is -0.382 e. The predicted molar refractivity (Wildman–Crippen MR) is 62.9 cm³/mol. The van der Waals surface area contributed by atoms with Crippen molar-refractivity contribution in [1.29, 1.82) is 0 Å². The van der Waals surface area contributed by atoms with Gasteiger partial charge in [-0.3, -0.25) is 0 Å². The third kappa shape index (κ3) is 4.83. The van der Waals surface area contributed by atoms with E-state index in [-0.39, 0.29) is 6.54 Å². The van der Waals surface area contributed by atoms with Crippen molar-refractivity contribution >= 4 is 27.5 Å².